The Balaban J connectivity index is 1.50. The summed E-state index contributed by atoms with van der Waals surface area (Å²) in [5.74, 6) is 1.16. The van der Waals surface area contributed by atoms with Crippen LogP contribution < -0.4 is 10.5 Å². The van der Waals surface area contributed by atoms with Crippen molar-refractivity contribution in [3.63, 3.8) is 0 Å². The van der Waals surface area contributed by atoms with Crippen molar-refractivity contribution in [2.45, 2.75) is 50.9 Å². The topological polar surface area (TPSA) is 61.0 Å². The van der Waals surface area contributed by atoms with Crippen LogP contribution in [0.15, 0.2) is 45.7 Å². The van der Waals surface area contributed by atoms with Gasteiger partial charge in [0.1, 0.15) is 0 Å². The minimum Gasteiger partial charge on any atom is -0.371 e. The molecule has 184 valence electrons. The third kappa shape index (κ3) is 3.77. The van der Waals surface area contributed by atoms with Gasteiger partial charge in [-0.15, -0.1) is 0 Å². The number of benzene rings is 2. The van der Waals surface area contributed by atoms with Gasteiger partial charge >= 0.3 is 0 Å². The molecule has 0 atom stereocenters. The number of fused-ring (bicyclic) bond motifs is 5. The molecule has 2 aliphatic rings. The quantitative estimate of drug-likeness (QED) is 0.313. The summed E-state index contributed by atoms with van der Waals surface area (Å²) in [6, 6.07) is 13.0. The first-order chi connectivity index (χ1) is 17.1. The van der Waals surface area contributed by atoms with Crippen molar-refractivity contribution in [3.05, 3.63) is 51.2 Å². The Morgan fingerprint density at radius 1 is 0.971 bits per heavy atom. The molecule has 1 saturated heterocycles. The lowest BCUT2D eigenvalue weighted by atomic mass is 9.95. The van der Waals surface area contributed by atoms with Crippen molar-refractivity contribution in [1.82, 2.24) is 14.0 Å². The van der Waals surface area contributed by atoms with Crippen molar-refractivity contribution < 1.29 is 9.47 Å². The summed E-state index contributed by atoms with van der Waals surface area (Å²) < 4.78 is 16.3. The van der Waals surface area contributed by atoms with Crippen LogP contribution in [-0.4, -0.2) is 47.6 Å². The van der Waals surface area contributed by atoms with Crippen LogP contribution in [0.1, 0.15) is 44.6 Å². The van der Waals surface area contributed by atoms with Crippen LogP contribution in [0, 0.1) is 5.92 Å². The number of anilines is 1. The maximum Gasteiger partial charge on any atom is 0.283 e. The van der Waals surface area contributed by atoms with Crippen LogP contribution in [-0.2, 0) is 9.47 Å². The lowest BCUT2D eigenvalue weighted by molar-refractivity contribution is -0.141. The van der Waals surface area contributed by atoms with Crippen LogP contribution in [0.5, 0.6) is 0 Å². The van der Waals surface area contributed by atoms with Gasteiger partial charge in [0.25, 0.3) is 5.56 Å². The summed E-state index contributed by atoms with van der Waals surface area (Å²) in [6.07, 6.45) is 6.60. The first kappa shape index (κ1) is 23.0. The average Bonchev–Trinajstić information content (AvgIpc) is 3.50. The van der Waals surface area contributed by atoms with Crippen LogP contribution >= 0.6 is 15.9 Å². The van der Waals surface area contributed by atoms with Gasteiger partial charge in [0.15, 0.2) is 6.29 Å². The zero-order valence-corrected chi connectivity index (χ0v) is 21.8. The maximum atomic E-state index is 13.1. The number of methoxy groups -OCH3 is 2. The number of imidazole rings is 1. The highest BCUT2D eigenvalue weighted by Crippen LogP contribution is 2.38. The lowest BCUT2D eigenvalue weighted by Gasteiger charge is -2.36. The van der Waals surface area contributed by atoms with E-state index in [9.17, 15) is 4.79 Å². The molecular formula is C27H31BrN4O3. The molecule has 0 N–H and O–H groups in total. The molecule has 1 aliphatic heterocycles. The molecule has 0 unspecified atom stereocenters. The predicted octanol–water partition coefficient (Wildman–Crippen LogP) is 5.52. The minimum atomic E-state index is -0.178. The summed E-state index contributed by atoms with van der Waals surface area (Å²) in [5.41, 5.74) is 4.19. The number of nitrogens with zero attached hydrogens (tertiary/aromatic N) is 4. The standard InChI is InChI=1S/C27H31BrN4O3/c1-34-26(35-2)17-12-14-30(15-13-17)19-10-11-21-23(16-19)31(18-6-3-4-7-18)27-29-25(33)24-20(28)8-5-9-22(24)32(21)27/h5,8-11,16-18,26H,3-4,6-7,12-15H2,1-2H3. The monoisotopic (exact) mass is 538 g/mol. The summed E-state index contributed by atoms with van der Waals surface area (Å²) in [4.78, 5) is 20.2. The number of hydrogen-bond donors (Lipinski definition) is 0. The van der Waals surface area contributed by atoms with E-state index in [1.54, 1.807) is 14.2 Å². The molecule has 2 aromatic heterocycles. The fraction of sp³-hybridized carbons (Fsp3) is 0.481. The highest BCUT2D eigenvalue weighted by molar-refractivity contribution is 9.10. The van der Waals surface area contributed by atoms with E-state index < -0.39 is 0 Å². The van der Waals surface area contributed by atoms with Gasteiger partial charge in [-0.3, -0.25) is 9.20 Å². The van der Waals surface area contributed by atoms with Crippen molar-refractivity contribution in [2.24, 2.45) is 5.92 Å². The largest absolute Gasteiger partial charge is 0.371 e. The first-order valence-corrected chi connectivity index (χ1v) is 13.4. The van der Waals surface area contributed by atoms with Gasteiger partial charge in [-0.05, 0) is 71.9 Å². The van der Waals surface area contributed by atoms with E-state index in [1.165, 1.54) is 18.5 Å². The third-order valence-electron chi connectivity index (χ3n) is 7.97. The van der Waals surface area contributed by atoms with Crippen molar-refractivity contribution in [1.29, 1.82) is 0 Å². The molecule has 0 spiro atoms. The highest BCUT2D eigenvalue weighted by atomic mass is 79.9. The van der Waals surface area contributed by atoms with Gasteiger partial charge in [0.05, 0.1) is 21.9 Å². The molecule has 4 aromatic rings. The van der Waals surface area contributed by atoms with E-state index in [1.807, 2.05) is 18.2 Å². The van der Waals surface area contributed by atoms with E-state index >= 15 is 0 Å². The molecule has 1 aliphatic carbocycles. The molecule has 6 rings (SSSR count). The third-order valence-corrected chi connectivity index (χ3v) is 8.63. The number of halogens is 1. The number of rotatable bonds is 5. The second-order valence-corrected chi connectivity index (χ2v) is 10.7. The van der Waals surface area contributed by atoms with Crippen LogP contribution in [0.4, 0.5) is 5.69 Å². The molecule has 35 heavy (non-hydrogen) atoms. The van der Waals surface area contributed by atoms with E-state index in [0.29, 0.717) is 17.3 Å². The molecule has 0 bridgehead atoms. The Bertz CT molecular complexity index is 1440. The molecule has 8 heteroatoms. The minimum absolute atomic E-state index is 0.138. The Hall–Kier alpha value is -2.42. The molecule has 3 heterocycles. The van der Waals surface area contributed by atoms with Gasteiger partial charge in [0.2, 0.25) is 5.78 Å². The summed E-state index contributed by atoms with van der Waals surface area (Å²) in [5, 5.41) is 0.632. The van der Waals surface area contributed by atoms with E-state index in [0.717, 1.165) is 65.6 Å². The Morgan fingerprint density at radius 2 is 1.71 bits per heavy atom. The van der Waals surface area contributed by atoms with Crippen molar-refractivity contribution >= 4 is 49.3 Å². The molecule has 2 fully saturated rings. The number of hydrogen-bond acceptors (Lipinski definition) is 5. The number of ether oxygens (including phenoxy) is 2. The average molecular weight is 539 g/mol. The number of piperidine rings is 1. The second-order valence-electron chi connectivity index (χ2n) is 9.83. The lowest BCUT2D eigenvalue weighted by Crippen LogP contribution is -2.39. The summed E-state index contributed by atoms with van der Waals surface area (Å²) >= 11 is 3.57. The molecular weight excluding hydrogens is 508 g/mol. The van der Waals surface area contributed by atoms with Crippen LogP contribution in [0.25, 0.3) is 27.7 Å². The summed E-state index contributed by atoms with van der Waals surface area (Å²) in [7, 11) is 3.44. The SMILES string of the molecule is COC(OC)C1CCN(c2ccc3c(c2)n(C2CCCC2)c2nc(=O)c4c(Br)cccc4n32)CC1. The van der Waals surface area contributed by atoms with Crippen molar-refractivity contribution in [3.8, 4) is 0 Å². The van der Waals surface area contributed by atoms with E-state index in [2.05, 4.69) is 53.0 Å². The van der Waals surface area contributed by atoms with Crippen LogP contribution in [0.2, 0.25) is 0 Å². The van der Waals surface area contributed by atoms with Gasteiger partial charge in [0, 0.05) is 49.4 Å². The first-order valence-electron chi connectivity index (χ1n) is 12.6. The van der Waals surface area contributed by atoms with Gasteiger partial charge in [-0.25, -0.2) is 0 Å². The van der Waals surface area contributed by atoms with E-state index in [-0.39, 0.29) is 11.8 Å². The highest BCUT2D eigenvalue weighted by Gasteiger charge is 2.28. The summed E-state index contributed by atoms with van der Waals surface area (Å²) in [6.45, 7) is 1.93. The Labute approximate surface area is 212 Å². The molecule has 0 radical (unpaired) electrons. The predicted molar refractivity (Wildman–Crippen MR) is 142 cm³/mol. The van der Waals surface area contributed by atoms with Crippen LogP contribution in [0.3, 0.4) is 0 Å². The zero-order chi connectivity index (χ0) is 24.1. The molecule has 2 aromatic carbocycles. The Morgan fingerprint density at radius 3 is 2.43 bits per heavy atom. The fourth-order valence-corrected chi connectivity index (χ4v) is 6.77. The Kier molecular flexibility index (Phi) is 6.06. The van der Waals surface area contributed by atoms with Gasteiger partial charge in [-0.1, -0.05) is 18.9 Å². The fourth-order valence-electron chi connectivity index (χ4n) is 6.25. The normalized spacial score (nSPS) is 18.1. The maximum absolute atomic E-state index is 13.1. The number of aromatic nitrogens is 3. The van der Waals surface area contributed by atoms with E-state index in [4.69, 9.17) is 9.47 Å². The zero-order valence-electron chi connectivity index (χ0n) is 20.2. The molecule has 0 amide bonds. The molecule has 7 nitrogen and oxygen atoms in total. The van der Waals surface area contributed by atoms with Crippen molar-refractivity contribution in [2.75, 3.05) is 32.2 Å². The van der Waals surface area contributed by atoms with Gasteiger partial charge in [-0.2, -0.15) is 4.98 Å². The smallest absolute Gasteiger partial charge is 0.283 e. The van der Waals surface area contributed by atoms with Gasteiger partial charge < -0.3 is 18.9 Å². The molecule has 1 saturated carbocycles. The second kappa shape index (κ2) is 9.22.